The van der Waals surface area contributed by atoms with Gasteiger partial charge in [0.1, 0.15) is 6.04 Å². The van der Waals surface area contributed by atoms with E-state index in [2.05, 4.69) is 5.32 Å². The molecule has 4 heteroatoms. The number of halogens is 1. The van der Waals surface area contributed by atoms with E-state index < -0.39 is 6.04 Å². The summed E-state index contributed by atoms with van der Waals surface area (Å²) in [6.07, 6.45) is 0. The van der Waals surface area contributed by atoms with Gasteiger partial charge in [0.15, 0.2) is 0 Å². The molecular formula is C15H15ClN2O. The van der Waals surface area contributed by atoms with E-state index in [1.165, 1.54) is 0 Å². The topological polar surface area (TPSA) is 55.1 Å². The fraction of sp³-hybridized carbons (Fsp3) is 0.133. The summed E-state index contributed by atoms with van der Waals surface area (Å²) in [5.74, 6) is -0.258. The summed E-state index contributed by atoms with van der Waals surface area (Å²) >= 11 is 6.01. The maximum Gasteiger partial charge on any atom is 0.245 e. The molecule has 0 radical (unpaired) electrons. The Morgan fingerprint density at radius 1 is 1.21 bits per heavy atom. The molecule has 0 fully saturated rings. The highest BCUT2D eigenvalue weighted by Crippen LogP contribution is 2.21. The smallest absolute Gasteiger partial charge is 0.245 e. The number of nitrogens with one attached hydrogen (secondary N) is 1. The Bertz CT molecular complexity index is 584. The van der Waals surface area contributed by atoms with Crippen LogP contribution in [0.5, 0.6) is 0 Å². The Labute approximate surface area is 117 Å². The number of nitrogens with two attached hydrogens (primary N) is 1. The molecule has 19 heavy (non-hydrogen) atoms. The van der Waals surface area contributed by atoms with Crippen molar-refractivity contribution in [2.45, 2.75) is 13.0 Å². The zero-order chi connectivity index (χ0) is 13.8. The molecule has 98 valence electrons. The average Bonchev–Trinajstić information content (AvgIpc) is 2.43. The third-order valence-corrected chi connectivity index (χ3v) is 3.29. The molecule has 0 aliphatic heterocycles. The molecule has 0 spiro atoms. The number of benzene rings is 2. The lowest BCUT2D eigenvalue weighted by molar-refractivity contribution is -0.117. The molecule has 1 amide bonds. The summed E-state index contributed by atoms with van der Waals surface area (Å²) in [4.78, 5) is 12.0. The summed E-state index contributed by atoms with van der Waals surface area (Å²) in [6.45, 7) is 1.91. The van der Waals surface area contributed by atoms with Crippen molar-refractivity contribution in [3.05, 3.63) is 64.7 Å². The summed E-state index contributed by atoms with van der Waals surface area (Å²) in [5.41, 5.74) is 8.30. The number of hydrogen-bond donors (Lipinski definition) is 2. The van der Waals surface area contributed by atoms with E-state index in [1.54, 1.807) is 12.1 Å². The molecule has 0 heterocycles. The van der Waals surface area contributed by atoms with Crippen LogP contribution in [0.3, 0.4) is 0 Å². The minimum atomic E-state index is -0.693. The van der Waals surface area contributed by atoms with Crippen LogP contribution in [0.15, 0.2) is 48.5 Å². The fourth-order valence-corrected chi connectivity index (χ4v) is 1.88. The third kappa shape index (κ3) is 3.34. The summed E-state index contributed by atoms with van der Waals surface area (Å²) in [5, 5.41) is 3.38. The van der Waals surface area contributed by atoms with Gasteiger partial charge in [-0.05, 0) is 30.2 Å². The highest BCUT2D eigenvalue weighted by molar-refractivity contribution is 6.31. The van der Waals surface area contributed by atoms with Gasteiger partial charge in [-0.15, -0.1) is 0 Å². The van der Waals surface area contributed by atoms with Gasteiger partial charge in [0.2, 0.25) is 5.91 Å². The molecule has 0 saturated carbocycles. The number of amides is 1. The van der Waals surface area contributed by atoms with Crippen LogP contribution in [-0.2, 0) is 4.79 Å². The largest absolute Gasteiger partial charge is 0.324 e. The van der Waals surface area contributed by atoms with Gasteiger partial charge in [0.25, 0.3) is 0 Å². The molecule has 2 rings (SSSR count). The second kappa shape index (κ2) is 5.87. The van der Waals surface area contributed by atoms with Crippen LogP contribution >= 0.6 is 11.6 Å². The van der Waals surface area contributed by atoms with Gasteiger partial charge in [-0.1, -0.05) is 48.0 Å². The number of hydrogen-bond acceptors (Lipinski definition) is 2. The van der Waals surface area contributed by atoms with Crippen LogP contribution in [0.1, 0.15) is 17.2 Å². The van der Waals surface area contributed by atoms with E-state index in [0.29, 0.717) is 10.7 Å². The molecule has 2 aromatic carbocycles. The van der Waals surface area contributed by atoms with Crippen LogP contribution in [0, 0.1) is 6.92 Å². The van der Waals surface area contributed by atoms with Gasteiger partial charge in [-0.25, -0.2) is 0 Å². The van der Waals surface area contributed by atoms with E-state index in [0.717, 1.165) is 11.1 Å². The van der Waals surface area contributed by atoms with Crippen LogP contribution in [-0.4, -0.2) is 5.91 Å². The highest BCUT2D eigenvalue weighted by atomic mass is 35.5. The summed E-state index contributed by atoms with van der Waals surface area (Å²) < 4.78 is 0. The first-order valence-electron chi connectivity index (χ1n) is 5.95. The van der Waals surface area contributed by atoms with Crippen LogP contribution in [0.25, 0.3) is 0 Å². The first-order chi connectivity index (χ1) is 9.08. The third-order valence-electron chi connectivity index (χ3n) is 2.88. The normalized spacial score (nSPS) is 11.9. The predicted octanol–water partition coefficient (Wildman–Crippen LogP) is 3.29. The number of carbonyl (C=O) groups excluding carboxylic acids is 1. The van der Waals surface area contributed by atoms with Gasteiger partial charge < -0.3 is 11.1 Å². The van der Waals surface area contributed by atoms with Gasteiger partial charge in [-0.3, -0.25) is 4.79 Å². The predicted molar refractivity (Wildman–Crippen MR) is 78.2 cm³/mol. The SMILES string of the molecule is Cc1ccc(NC(=O)C(N)c2ccccc2)cc1Cl. The Morgan fingerprint density at radius 2 is 1.89 bits per heavy atom. The van der Waals surface area contributed by atoms with Crippen LogP contribution in [0.4, 0.5) is 5.69 Å². The Hall–Kier alpha value is -1.84. The van der Waals surface area contributed by atoms with E-state index in [9.17, 15) is 4.79 Å². The summed E-state index contributed by atoms with van der Waals surface area (Å²) in [7, 11) is 0. The van der Waals surface area contributed by atoms with Gasteiger partial charge in [0, 0.05) is 10.7 Å². The number of carbonyl (C=O) groups is 1. The van der Waals surface area contributed by atoms with Crippen molar-refractivity contribution < 1.29 is 4.79 Å². The minimum Gasteiger partial charge on any atom is -0.324 e. The average molecular weight is 275 g/mol. The lowest BCUT2D eigenvalue weighted by Gasteiger charge is -2.13. The Morgan fingerprint density at radius 3 is 2.53 bits per heavy atom. The molecule has 2 aromatic rings. The van der Waals surface area contributed by atoms with Crippen molar-refractivity contribution in [2.24, 2.45) is 5.73 Å². The second-order valence-electron chi connectivity index (χ2n) is 4.34. The second-order valence-corrected chi connectivity index (χ2v) is 4.75. The zero-order valence-corrected chi connectivity index (χ0v) is 11.3. The van der Waals surface area contributed by atoms with Crippen molar-refractivity contribution in [1.82, 2.24) is 0 Å². The lowest BCUT2D eigenvalue weighted by Crippen LogP contribution is -2.27. The van der Waals surface area contributed by atoms with E-state index in [4.69, 9.17) is 17.3 Å². The molecule has 3 N–H and O–H groups in total. The molecule has 1 atom stereocenters. The quantitative estimate of drug-likeness (QED) is 0.902. The first kappa shape index (κ1) is 13.6. The Kier molecular flexibility index (Phi) is 4.20. The maximum absolute atomic E-state index is 12.0. The first-order valence-corrected chi connectivity index (χ1v) is 6.33. The van der Waals surface area contributed by atoms with Crippen molar-refractivity contribution in [3.63, 3.8) is 0 Å². The number of aryl methyl sites for hydroxylation is 1. The van der Waals surface area contributed by atoms with Gasteiger partial charge in [0.05, 0.1) is 0 Å². The van der Waals surface area contributed by atoms with Crippen LogP contribution < -0.4 is 11.1 Å². The monoisotopic (exact) mass is 274 g/mol. The van der Waals surface area contributed by atoms with Crippen molar-refractivity contribution >= 4 is 23.2 Å². The molecule has 0 aliphatic carbocycles. The molecule has 0 saturated heterocycles. The standard InChI is InChI=1S/C15H15ClN2O/c1-10-7-8-12(9-13(10)16)18-15(19)14(17)11-5-3-2-4-6-11/h2-9,14H,17H2,1H3,(H,18,19). The fourth-order valence-electron chi connectivity index (χ4n) is 1.70. The van der Waals surface area contributed by atoms with Crippen molar-refractivity contribution in [3.8, 4) is 0 Å². The van der Waals surface area contributed by atoms with Gasteiger partial charge in [-0.2, -0.15) is 0 Å². The molecular weight excluding hydrogens is 260 g/mol. The zero-order valence-electron chi connectivity index (χ0n) is 10.6. The van der Waals surface area contributed by atoms with Crippen LogP contribution in [0.2, 0.25) is 5.02 Å². The minimum absolute atomic E-state index is 0.258. The molecule has 0 aliphatic rings. The lowest BCUT2D eigenvalue weighted by atomic mass is 10.1. The van der Waals surface area contributed by atoms with E-state index >= 15 is 0 Å². The number of anilines is 1. The molecule has 0 aromatic heterocycles. The Balaban J connectivity index is 2.10. The molecule has 3 nitrogen and oxygen atoms in total. The maximum atomic E-state index is 12.0. The van der Waals surface area contributed by atoms with Crippen molar-refractivity contribution in [1.29, 1.82) is 0 Å². The van der Waals surface area contributed by atoms with E-state index in [1.807, 2.05) is 43.3 Å². The van der Waals surface area contributed by atoms with E-state index in [-0.39, 0.29) is 5.91 Å². The summed E-state index contributed by atoms with van der Waals surface area (Å²) in [6, 6.07) is 13.9. The highest BCUT2D eigenvalue weighted by Gasteiger charge is 2.15. The molecule has 0 bridgehead atoms. The number of rotatable bonds is 3. The van der Waals surface area contributed by atoms with Gasteiger partial charge >= 0.3 is 0 Å². The van der Waals surface area contributed by atoms with Crippen molar-refractivity contribution in [2.75, 3.05) is 5.32 Å². The molecule has 1 unspecified atom stereocenters.